The summed E-state index contributed by atoms with van der Waals surface area (Å²) in [7, 11) is 0. The van der Waals surface area contributed by atoms with Gasteiger partial charge in [0.15, 0.2) is 17.3 Å². The van der Waals surface area contributed by atoms with Gasteiger partial charge in [-0.05, 0) is 19.1 Å². The lowest BCUT2D eigenvalue weighted by Gasteiger charge is -2.17. The Morgan fingerprint density at radius 2 is 1.95 bits per heavy atom. The van der Waals surface area contributed by atoms with E-state index in [0.717, 1.165) is 11.4 Å². The van der Waals surface area contributed by atoms with Crippen molar-refractivity contribution < 1.29 is 9.18 Å². The molecule has 0 unspecified atom stereocenters. The number of aryl methyl sites for hydroxylation is 1. The molecule has 190 valence electrons. The van der Waals surface area contributed by atoms with Gasteiger partial charge in [0.25, 0.3) is 0 Å². The quantitative estimate of drug-likeness (QED) is 0.315. The van der Waals surface area contributed by atoms with Crippen molar-refractivity contribution in [3.63, 3.8) is 0 Å². The third-order valence-electron chi connectivity index (χ3n) is 6.07. The van der Waals surface area contributed by atoms with Gasteiger partial charge in [0.1, 0.15) is 16.9 Å². The molecule has 0 radical (unpaired) electrons. The molecular weight excluding hydrogens is 487 g/mol. The van der Waals surface area contributed by atoms with E-state index in [0.29, 0.717) is 33.8 Å². The number of hydrogen-bond donors (Lipinski definition) is 3. The number of fused-ring (bicyclic) bond motifs is 2. The molecule has 11 nitrogen and oxygen atoms in total. The fourth-order valence-electron chi connectivity index (χ4n) is 4.08. The third-order valence-corrected chi connectivity index (χ3v) is 6.07. The molecule has 12 heteroatoms. The number of aromatic nitrogens is 9. The average molecular weight is 511 g/mol. The number of anilines is 1. The number of carbonyl (C=O) groups is 1. The van der Waals surface area contributed by atoms with E-state index in [1.54, 1.807) is 18.6 Å². The van der Waals surface area contributed by atoms with Crippen LogP contribution in [0.4, 0.5) is 10.1 Å². The van der Waals surface area contributed by atoms with Crippen molar-refractivity contribution in [2.45, 2.75) is 27.7 Å². The predicted octanol–water partition coefficient (Wildman–Crippen LogP) is 4.58. The van der Waals surface area contributed by atoms with Crippen LogP contribution in [-0.2, 0) is 4.79 Å². The topological polar surface area (TPSA) is 143 Å². The van der Waals surface area contributed by atoms with Crippen LogP contribution in [0.15, 0.2) is 49.4 Å². The lowest BCUT2D eigenvalue weighted by atomic mass is 9.95. The molecule has 0 bridgehead atoms. The monoisotopic (exact) mass is 510 g/mol. The van der Waals surface area contributed by atoms with Gasteiger partial charge in [-0.1, -0.05) is 20.8 Å². The summed E-state index contributed by atoms with van der Waals surface area (Å²) in [5.74, 6) is -0.421. The Morgan fingerprint density at radius 3 is 2.71 bits per heavy atom. The van der Waals surface area contributed by atoms with Gasteiger partial charge in [-0.25, -0.2) is 19.3 Å². The first-order valence-electron chi connectivity index (χ1n) is 11.8. The summed E-state index contributed by atoms with van der Waals surface area (Å²) in [6, 6.07) is 3.47. The summed E-state index contributed by atoms with van der Waals surface area (Å²) in [5, 5.41) is 10.2. The summed E-state index contributed by atoms with van der Waals surface area (Å²) in [6.07, 6.45) is 9.76. The van der Waals surface area contributed by atoms with Crippen molar-refractivity contribution in [3.05, 3.63) is 61.0 Å². The Kier molecular flexibility index (Phi) is 5.26. The van der Waals surface area contributed by atoms with Crippen molar-refractivity contribution in [2.24, 2.45) is 5.41 Å². The number of amides is 1. The van der Waals surface area contributed by atoms with Crippen LogP contribution in [-0.4, -0.2) is 50.6 Å². The first-order valence-corrected chi connectivity index (χ1v) is 11.8. The van der Waals surface area contributed by atoms with Crippen molar-refractivity contribution in [2.75, 3.05) is 5.32 Å². The number of aromatic amines is 2. The molecule has 6 rings (SSSR count). The highest BCUT2D eigenvalue weighted by molar-refractivity contribution is 5.97. The molecule has 6 heterocycles. The minimum atomic E-state index is -0.595. The van der Waals surface area contributed by atoms with E-state index in [1.165, 1.54) is 18.6 Å². The first-order chi connectivity index (χ1) is 18.2. The average Bonchev–Trinajstić information content (AvgIpc) is 3.61. The Balaban J connectivity index is 1.44. The maximum atomic E-state index is 16.0. The van der Waals surface area contributed by atoms with E-state index in [2.05, 4.69) is 40.4 Å². The van der Waals surface area contributed by atoms with Crippen LogP contribution in [0.5, 0.6) is 0 Å². The van der Waals surface area contributed by atoms with Crippen LogP contribution < -0.4 is 5.32 Å². The number of nitrogens with zero attached hydrogens (tertiary/aromatic N) is 7. The maximum absolute atomic E-state index is 16.0. The Hall–Kier alpha value is -5.00. The summed E-state index contributed by atoms with van der Waals surface area (Å²) in [6.45, 7) is 7.32. The summed E-state index contributed by atoms with van der Waals surface area (Å²) < 4.78 is 17.9. The van der Waals surface area contributed by atoms with Crippen molar-refractivity contribution in [1.29, 1.82) is 0 Å². The highest BCUT2D eigenvalue weighted by atomic mass is 19.1. The second kappa shape index (κ2) is 8.54. The van der Waals surface area contributed by atoms with Crippen LogP contribution in [0.2, 0.25) is 0 Å². The molecule has 1 amide bonds. The summed E-state index contributed by atoms with van der Waals surface area (Å²) >= 11 is 0. The molecule has 0 aliphatic carbocycles. The number of H-pyrrole nitrogens is 2. The van der Waals surface area contributed by atoms with Crippen molar-refractivity contribution >= 4 is 33.7 Å². The normalized spacial score (nSPS) is 11.9. The molecule has 38 heavy (non-hydrogen) atoms. The van der Waals surface area contributed by atoms with E-state index in [9.17, 15) is 4.79 Å². The van der Waals surface area contributed by atoms with Crippen LogP contribution >= 0.6 is 0 Å². The number of rotatable bonds is 4. The zero-order valence-electron chi connectivity index (χ0n) is 21.0. The molecule has 3 N–H and O–H groups in total. The molecule has 0 saturated heterocycles. The molecule has 6 aromatic rings. The van der Waals surface area contributed by atoms with E-state index >= 15 is 4.39 Å². The second-order valence-corrected chi connectivity index (χ2v) is 9.98. The van der Waals surface area contributed by atoms with Crippen LogP contribution in [0, 0.1) is 18.2 Å². The Bertz CT molecular complexity index is 1840. The number of carbonyl (C=O) groups excluding carboxylic acids is 1. The minimum absolute atomic E-state index is 0.0725. The smallest absolute Gasteiger partial charge is 0.229 e. The van der Waals surface area contributed by atoms with Gasteiger partial charge in [-0.2, -0.15) is 5.10 Å². The van der Waals surface area contributed by atoms with Gasteiger partial charge < -0.3 is 14.9 Å². The third kappa shape index (κ3) is 3.95. The Morgan fingerprint density at radius 1 is 1.11 bits per heavy atom. The predicted molar refractivity (Wildman–Crippen MR) is 140 cm³/mol. The highest BCUT2D eigenvalue weighted by Gasteiger charge is 2.23. The van der Waals surface area contributed by atoms with Gasteiger partial charge in [-0.15, -0.1) is 0 Å². The first kappa shape index (κ1) is 23.4. The number of hydrogen-bond acceptors (Lipinski definition) is 7. The molecule has 0 aliphatic heterocycles. The molecule has 0 atom stereocenters. The SMILES string of the molecule is Cc1cn(-c2ccnc3[nH]c(-c4n[nH]c5cnc(-c6cncc(NC(=O)C(C)(C)C)c6)c(F)c45)nc23)cn1. The van der Waals surface area contributed by atoms with Crippen molar-refractivity contribution in [3.8, 4) is 28.5 Å². The van der Waals surface area contributed by atoms with Gasteiger partial charge in [-0.3, -0.25) is 19.9 Å². The lowest BCUT2D eigenvalue weighted by Crippen LogP contribution is -2.27. The molecule has 0 aliphatic rings. The molecule has 6 aromatic heterocycles. The maximum Gasteiger partial charge on any atom is 0.229 e. The fourth-order valence-corrected chi connectivity index (χ4v) is 4.08. The second-order valence-electron chi connectivity index (χ2n) is 9.98. The Labute approximate surface area is 215 Å². The number of nitrogens with one attached hydrogen (secondary N) is 3. The van der Waals surface area contributed by atoms with E-state index in [-0.39, 0.29) is 22.7 Å². The molecule has 0 saturated carbocycles. The van der Waals surface area contributed by atoms with E-state index in [1.807, 2.05) is 44.5 Å². The van der Waals surface area contributed by atoms with Gasteiger partial charge >= 0.3 is 0 Å². The van der Waals surface area contributed by atoms with Gasteiger partial charge in [0.2, 0.25) is 5.91 Å². The molecule has 0 aromatic carbocycles. The van der Waals surface area contributed by atoms with Crippen molar-refractivity contribution in [1.82, 2.24) is 44.7 Å². The zero-order chi connectivity index (χ0) is 26.6. The molecule has 0 spiro atoms. The van der Waals surface area contributed by atoms with Crippen LogP contribution in [0.25, 0.3) is 50.5 Å². The summed E-state index contributed by atoms with van der Waals surface area (Å²) in [5.41, 5.74) is 3.80. The number of pyridine rings is 3. The lowest BCUT2D eigenvalue weighted by molar-refractivity contribution is -0.123. The number of imidazole rings is 2. The van der Waals surface area contributed by atoms with Crippen LogP contribution in [0.3, 0.4) is 0 Å². The molecule has 0 fully saturated rings. The number of halogens is 1. The fraction of sp³-hybridized carbons (Fsp3) is 0.192. The molecular formula is C26H23FN10O. The standard InChI is InChI=1S/C26H23FN10O/c1-13-11-37(12-31-13)17-5-6-29-23-21(17)33-24(34-23)22-18-16(35-36-22)10-30-20(19(18)27)14-7-15(9-28-8-14)32-25(38)26(2,3)4/h5-12H,1-4H3,(H,32,38)(H,35,36)(H,29,33,34). The minimum Gasteiger partial charge on any atom is -0.324 e. The largest absolute Gasteiger partial charge is 0.324 e. The zero-order valence-corrected chi connectivity index (χ0v) is 21.0. The summed E-state index contributed by atoms with van der Waals surface area (Å²) in [4.78, 5) is 37.4. The van der Waals surface area contributed by atoms with E-state index < -0.39 is 11.2 Å². The van der Waals surface area contributed by atoms with Gasteiger partial charge in [0, 0.05) is 29.6 Å². The van der Waals surface area contributed by atoms with Gasteiger partial charge in [0.05, 0.1) is 46.7 Å². The highest BCUT2D eigenvalue weighted by Crippen LogP contribution is 2.33. The van der Waals surface area contributed by atoms with E-state index in [4.69, 9.17) is 4.98 Å². The van der Waals surface area contributed by atoms with Crippen LogP contribution in [0.1, 0.15) is 26.5 Å².